The molecule has 0 aliphatic carbocycles. The summed E-state index contributed by atoms with van der Waals surface area (Å²) in [7, 11) is 2.98. The van der Waals surface area contributed by atoms with Gasteiger partial charge >= 0.3 is 11.9 Å². The predicted octanol–water partition coefficient (Wildman–Crippen LogP) is 6.09. The molecule has 1 N–H and O–H groups in total. The molecule has 0 aromatic heterocycles. The molecule has 0 bridgehead atoms. The van der Waals surface area contributed by atoms with E-state index in [0.717, 1.165) is 22.3 Å². The third-order valence-electron chi connectivity index (χ3n) is 7.95. The first-order valence-electron chi connectivity index (χ1n) is 14.4. The molecule has 0 spiro atoms. The number of methoxy groups -OCH3 is 2. The van der Waals surface area contributed by atoms with Gasteiger partial charge in [-0.3, -0.25) is 10.1 Å². The molecule has 222 valence electrons. The van der Waals surface area contributed by atoms with Crippen molar-refractivity contribution in [3.05, 3.63) is 144 Å². The normalized spacial score (nSPS) is 21.1. The van der Waals surface area contributed by atoms with Crippen LogP contribution in [0.3, 0.4) is 0 Å². The average Bonchev–Trinajstić information content (AvgIpc) is 3.49. The molecule has 1 fully saturated rings. The van der Waals surface area contributed by atoms with Gasteiger partial charge in [-0.15, -0.1) is 0 Å². The highest BCUT2D eigenvalue weighted by atomic mass is 16.6. The number of carbonyl (C=O) groups excluding carboxylic acids is 2. The molecule has 7 nitrogen and oxygen atoms in total. The first-order valence-corrected chi connectivity index (χ1v) is 14.4. The van der Waals surface area contributed by atoms with E-state index in [1.54, 1.807) is 7.11 Å². The second-order valence-corrected chi connectivity index (χ2v) is 10.6. The molecule has 5 atom stereocenters. The molecule has 4 aromatic carbocycles. The van der Waals surface area contributed by atoms with Crippen molar-refractivity contribution in [2.75, 3.05) is 27.4 Å². The molecule has 0 radical (unpaired) electrons. The van der Waals surface area contributed by atoms with E-state index in [0.29, 0.717) is 13.2 Å². The van der Waals surface area contributed by atoms with Crippen molar-refractivity contribution in [2.45, 2.75) is 30.2 Å². The van der Waals surface area contributed by atoms with Crippen LogP contribution in [0.4, 0.5) is 0 Å². The number of benzene rings is 4. The Hall–Kier alpha value is -4.30. The number of esters is 2. The minimum absolute atomic E-state index is 0.157. The monoisotopic (exact) mass is 579 g/mol. The number of rotatable bonds is 12. The third kappa shape index (κ3) is 6.70. The van der Waals surface area contributed by atoms with E-state index in [9.17, 15) is 9.59 Å². The Morgan fingerprint density at radius 1 is 0.744 bits per heavy atom. The van der Waals surface area contributed by atoms with Crippen LogP contribution in [0.25, 0.3) is 0 Å². The van der Waals surface area contributed by atoms with E-state index >= 15 is 0 Å². The summed E-state index contributed by atoms with van der Waals surface area (Å²) >= 11 is 0. The topological polar surface area (TPSA) is 83.1 Å². The van der Waals surface area contributed by atoms with Crippen LogP contribution in [0, 0.1) is 5.92 Å². The van der Waals surface area contributed by atoms with Gasteiger partial charge in [0, 0.05) is 13.2 Å². The van der Waals surface area contributed by atoms with Gasteiger partial charge in [0.25, 0.3) is 0 Å². The lowest BCUT2D eigenvalue weighted by molar-refractivity contribution is -0.165. The number of nitrogens with one attached hydrogen (secondary N) is 1. The maximum Gasteiger partial charge on any atom is 0.330 e. The zero-order chi connectivity index (χ0) is 30.1. The zero-order valence-electron chi connectivity index (χ0n) is 24.4. The van der Waals surface area contributed by atoms with Crippen molar-refractivity contribution in [1.82, 2.24) is 5.32 Å². The lowest BCUT2D eigenvalue weighted by Crippen LogP contribution is -2.46. The molecule has 1 heterocycles. The third-order valence-corrected chi connectivity index (χ3v) is 7.95. The standard InChI is InChI=1S/C36H37NO6/c1-40-23-24-42-32(27-17-9-4-10-18-27)33(28-19-11-5-12-20-28)43-34(38)30-25-36(35(39)41-2,29-21-13-6-14-22-29)37-31(30)26-15-7-3-8-16-26/h3-22,30-33,37H,23-25H2,1-2H3/t30-,31-,32-,33+,36+/m0/s1. The fraction of sp³-hybridized carbons (Fsp3) is 0.278. The number of hydrogen-bond donors (Lipinski definition) is 1. The molecule has 43 heavy (non-hydrogen) atoms. The van der Waals surface area contributed by atoms with Crippen molar-refractivity contribution in [1.29, 1.82) is 0 Å². The maximum atomic E-state index is 14.4. The quantitative estimate of drug-likeness (QED) is 0.161. The van der Waals surface area contributed by atoms with Crippen LogP contribution in [-0.4, -0.2) is 39.4 Å². The molecule has 0 saturated carbocycles. The van der Waals surface area contributed by atoms with Crippen LogP contribution < -0.4 is 5.32 Å². The van der Waals surface area contributed by atoms with Crippen LogP contribution in [0.1, 0.15) is 46.9 Å². The van der Waals surface area contributed by atoms with Crippen molar-refractivity contribution < 1.29 is 28.5 Å². The smallest absolute Gasteiger partial charge is 0.330 e. The lowest BCUT2D eigenvalue weighted by Gasteiger charge is -2.30. The summed E-state index contributed by atoms with van der Waals surface area (Å²) in [5, 5.41) is 3.51. The van der Waals surface area contributed by atoms with Gasteiger partial charge in [-0.2, -0.15) is 0 Å². The molecule has 5 rings (SSSR count). The Kier molecular flexibility index (Phi) is 10.00. The number of carbonyl (C=O) groups is 2. The highest BCUT2D eigenvalue weighted by molar-refractivity contribution is 5.86. The van der Waals surface area contributed by atoms with Gasteiger partial charge < -0.3 is 18.9 Å². The highest BCUT2D eigenvalue weighted by Crippen LogP contribution is 2.46. The molecule has 0 amide bonds. The Labute approximate surface area is 252 Å². The molecule has 1 aliphatic rings. The number of ether oxygens (including phenoxy) is 4. The van der Waals surface area contributed by atoms with Gasteiger partial charge in [0.1, 0.15) is 11.6 Å². The Morgan fingerprint density at radius 2 is 1.28 bits per heavy atom. The molecule has 0 unspecified atom stereocenters. The van der Waals surface area contributed by atoms with Gasteiger partial charge in [0.05, 0.1) is 26.2 Å². The van der Waals surface area contributed by atoms with E-state index in [1.165, 1.54) is 7.11 Å². The van der Waals surface area contributed by atoms with E-state index in [-0.39, 0.29) is 6.42 Å². The fourth-order valence-corrected chi connectivity index (χ4v) is 5.85. The van der Waals surface area contributed by atoms with Gasteiger partial charge in [-0.25, -0.2) is 4.79 Å². The van der Waals surface area contributed by atoms with E-state index in [2.05, 4.69) is 5.32 Å². The van der Waals surface area contributed by atoms with E-state index in [1.807, 2.05) is 121 Å². The van der Waals surface area contributed by atoms with Crippen LogP contribution in [-0.2, 0) is 34.1 Å². The van der Waals surface area contributed by atoms with Crippen LogP contribution in [0.5, 0.6) is 0 Å². The lowest BCUT2D eigenvalue weighted by atomic mass is 9.84. The summed E-state index contributed by atoms with van der Waals surface area (Å²) in [4.78, 5) is 27.9. The van der Waals surface area contributed by atoms with Crippen molar-refractivity contribution in [2.24, 2.45) is 5.92 Å². The molecule has 4 aromatic rings. The van der Waals surface area contributed by atoms with Crippen molar-refractivity contribution >= 4 is 11.9 Å². The SMILES string of the molecule is COCCO[C@@H](c1ccccc1)[C@H](OC(=O)[C@H]1C[C@](C(=O)OC)(c2ccccc2)N[C@H]1c1ccccc1)c1ccccc1. The largest absolute Gasteiger partial charge is 0.467 e. The second kappa shape index (κ2) is 14.2. The Morgan fingerprint density at radius 3 is 1.84 bits per heavy atom. The van der Waals surface area contributed by atoms with Gasteiger partial charge in [0.2, 0.25) is 0 Å². The predicted molar refractivity (Wildman–Crippen MR) is 163 cm³/mol. The summed E-state index contributed by atoms with van der Waals surface area (Å²) in [5.41, 5.74) is 2.03. The van der Waals surface area contributed by atoms with Crippen molar-refractivity contribution in [3.8, 4) is 0 Å². The molecular formula is C36H37NO6. The number of hydrogen-bond acceptors (Lipinski definition) is 7. The molecular weight excluding hydrogens is 542 g/mol. The minimum atomic E-state index is -1.24. The highest BCUT2D eigenvalue weighted by Gasteiger charge is 2.55. The Bertz CT molecular complexity index is 1450. The van der Waals surface area contributed by atoms with Crippen molar-refractivity contribution in [3.63, 3.8) is 0 Å². The summed E-state index contributed by atoms with van der Waals surface area (Å²) in [6.07, 6.45) is -1.19. The van der Waals surface area contributed by atoms with Gasteiger partial charge in [0.15, 0.2) is 6.10 Å². The van der Waals surface area contributed by atoms with E-state index in [4.69, 9.17) is 18.9 Å². The fourth-order valence-electron chi connectivity index (χ4n) is 5.85. The second-order valence-electron chi connectivity index (χ2n) is 10.6. The zero-order valence-corrected chi connectivity index (χ0v) is 24.4. The molecule has 7 heteroatoms. The first kappa shape index (κ1) is 30.2. The minimum Gasteiger partial charge on any atom is -0.467 e. The van der Waals surface area contributed by atoms with Crippen LogP contribution in [0.2, 0.25) is 0 Å². The van der Waals surface area contributed by atoms with Gasteiger partial charge in [-0.05, 0) is 28.7 Å². The van der Waals surface area contributed by atoms with Crippen LogP contribution in [0.15, 0.2) is 121 Å². The Balaban J connectivity index is 1.55. The average molecular weight is 580 g/mol. The molecule has 1 saturated heterocycles. The van der Waals surface area contributed by atoms with Crippen LogP contribution >= 0.6 is 0 Å². The first-order chi connectivity index (χ1) is 21.1. The van der Waals surface area contributed by atoms with Gasteiger partial charge in [-0.1, -0.05) is 121 Å². The maximum absolute atomic E-state index is 14.4. The molecule has 1 aliphatic heterocycles. The summed E-state index contributed by atoms with van der Waals surface area (Å²) in [6.45, 7) is 0.703. The summed E-state index contributed by atoms with van der Waals surface area (Å²) < 4.78 is 23.4. The summed E-state index contributed by atoms with van der Waals surface area (Å²) in [5.74, 6) is -1.60. The summed E-state index contributed by atoms with van der Waals surface area (Å²) in [6, 6.07) is 37.9. The van der Waals surface area contributed by atoms with E-state index < -0.39 is 41.6 Å².